The zero-order valence-electron chi connectivity index (χ0n) is 12.5. The molecule has 0 bridgehead atoms. The fourth-order valence-electron chi connectivity index (χ4n) is 2.59. The molecule has 0 aliphatic heterocycles. The number of hydrogen-bond acceptors (Lipinski definition) is 5. The van der Waals surface area contributed by atoms with Crippen molar-refractivity contribution in [2.45, 2.75) is 18.1 Å². The predicted molar refractivity (Wildman–Crippen MR) is 81.5 cm³/mol. The minimum Gasteiger partial charge on any atom is -0.377 e. The van der Waals surface area contributed by atoms with Crippen LogP contribution in [0.2, 0.25) is 5.02 Å². The molecular formula is C15H11ClF3N5O. The molecule has 0 aliphatic rings. The van der Waals surface area contributed by atoms with Gasteiger partial charge >= 0.3 is 0 Å². The van der Waals surface area contributed by atoms with Crippen LogP contribution in [0, 0.1) is 5.82 Å². The van der Waals surface area contributed by atoms with Gasteiger partial charge in [0.25, 0.3) is 6.43 Å². The standard InChI is InChI=1S/C15H11ClF3N5O/c16-9-4-5-10(11(17)7-9)15(25,14(18)19)13(24-8-21-22-23-24)12-3-1-2-6-20-12/h1-8,13-14,25H. The summed E-state index contributed by atoms with van der Waals surface area (Å²) in [5.41, 5.74) is -3.59. The van der Waals surface area contributed by atoms with E-state index in [0.717, 1.165) is 23.1 Å². The highest BCUT2D eigenvalue weighted by atomic mass is 35.5. The number of tetrazole rings is 1. The summed E-state index contributed by atoms with van der Waals surface area (Å²) in [5.74, 6) is -1.08. The Bertz CT molecular complexity index is 850. The van der Waals surface area contributed by atoms with E-state index >= 15 is 0 Å². The van der Waals surface area contributed by atoms with E-state index in [4.69, 9.17) is 11.6 Å². The maximum atomic E-state index is 14.4. The quantitative estimate of drug-likeness (QED) is 0.748. The van der Waals surface area contributed by atoms with Crippen LogP contribution in [-0.2, 0) is 5.60 Å². The summed E-state index contributed by atoms with van der Waals surface area (Å²) in [7, 11) is 0. The second-order valence-electron chi connectivity index (χ2n) is 5.20. The molecule has 130 valence electrons. The molecular weight excluding hydrogens is 359 g/mol. The van der Waals surface area contributed by atoms with Crippen LogP contribution in [0.5, 0.6) is 0 Å². The number of halogens is 4. The lowest BCUT2D eigenvalue weighted by molar-refractivity contribution is -0.130. The van der Waals surface area contributed by atoms with Gasteiger partial charge in [0.15, 0.2) is 5.60 Å². The molecule has 2 unspecified atom stereocenters. The summed E-state index contributed by atoms with van der Waals surface area (Å²) in [6.07, 6.45) is -0.975. The van der Waals surface area contributed by atoms with Crippen molar-refractivity contribution >= 4 is 11.6 Å². The third-order valence-electron chi connectivity index (χ3n) is 3.71. The molecule has 0 fully saturated rings. The average Bonchev–Trinajstić information content (AvgIpc) is 3.09. The first-order valence-corrected chi connectivity index (χ1v) is 7.42. The lowest BCUT2D eigenvalue weighted by Crippen LogP contribution is -2.45. The van der Waals surface area contributed by atoms with Crippen molar-refractivity contribution in [3.05, 3.63) is 71.0 Å². The number of aliphatic hydroxyl groups is 1. The zero-order chi connectivity index (χ0) is 18.0. The molecule has 2 heterocycles. The fraction of sp³-hybridized carbons (Fsp3) is 0.200. The molecule has 3 rings (SSSR count). The molecule has 0 amide bonds. The van der Waals surface area contributed by atoms with E-state index in [9.17, 15) is 18.3 Å². The van der Waals surface area contributed by atoms with Gasteiger partial charge in [-0.15, -0.1) is 5.10 Å². The highest BCUT2D eigenvalue weighted by Gasteiger charge is 2.51. The Labute approximate surface area is 144 Å². The molecule has 2 aromatic heterocycles. The van der Waals surface area contributed by atoms with Gasteiger partial charge in [-0.2, -0.15) is 0 Å². The van der Waals surface area contributed by atoms with Crippen LogP contribution >= 0.6 is 11.6 Å². The number of hydrogen-bond donors (Lipinski definition) is 1. The van der Waals surface area contributed by atoms with Crippen LogP contribution in [-0.4, -0.2) is 36.7 Å². The number of pyridine rings is 1. The number of aromatic nitrogens is 5. The Morgan fingerprint density at radius 1 is 1.20 bits per heavy atom. The van der Waals surface area contributed by atoms with Gasteiger partial charge in [-0.25, -0.2) is 17.9 Å². The third-order valence-corrected chi connectivity index (χ3v) is 3.94. The van der Waals surface area contributed by atoms with Crippen LogP contribution < -0.4 is 0 Å². The first-order chi connectivity index (χ1) is 11.9. The van der Waals surface area contributed by atoms with E-state index in [1.54, 1.807) is 12.1 Å². The topological polar surface area (TPSA) is 76.7 Å². The minimum absolute atomic E-state index is 0.00896. The largest absolute Gasteiger partial charge is 0.377 e. The predicted octanol–water partition coefficient (Wildman–Crippen LogP) is 2.60. The van der Waals surface area contributed by atoms with Gasteiger partial charge in [0.1, 0.15) is 18.2 Å². The Morgan fingerprint density at radius 2 is 2.00 bits per heavy atom. The first-order valence-electron chi connectivity index (χ1n) is 7.04. The molecule has 0 saturated heterocycles. The second kappa shape index (κ2) is 6.77. The molecule has 1 aromatic carbocycles. The average molecular weight is 370 g/mol. The van der Waals surface area contributed by atoms with Crippen LogP contribution in [0.3, 0.4) is 0 Å². The van der Waals surface area contributed by atoms with Crippen molar-refractivity contribution in [1.29, 1.82) is 0 Å². The third kappa shape index (κ3) is 3.08. The fourth-order valence-corrected chi connectivity index (χ4v) is 2.74. The summed E-state index contributed by atoms with van der Waals surface area (Å²) >= 11 is 5.68. The van der Waals surface area contributed by atoms with Crippen molar-refractivity contribution in [3.8, 4) is 0 Å². The highest BCUT2D eigenvalue weighted by Crippen LogP contribution is 2.43. The molecule has 6 nitrogen and oxygen atoms in total. The summed E-state index contributed by atoms with van der Waals surface area (Å²) in [4.78, 5) is 4.00. The molecule has 3 aromatic rings. The summed E-state index contributed by atoms with van der Waals surface area (Å²) in [6, 6.07) is 6.02. The Morgan fingerprint density at radius 3 is 2.56 bits per heavy atom. The zero-order valence-corrected chi connectivity index (χ0v) is 13.2. The Balaban J connectivity index is 2.25. The molecule has 0 radical (unpaired) electrons. The maximum Gasteiger partial charge on any atom is 0.273 e. The molecule has 2 atom stereocenters. The molecule has 0 saturated carbocycles. The summed E-state index contributed by atoms with van der Waals surface area (Å²) in [6.45, 7) is 0. The number of benzene rings is 1. The van der Waals surface area contributed by atoms with Crippen molar-refractivity contribution < 1.29 is 18.3 Å². The van der Waals surface area contributed by atoms with Crippen LogP contribution in [0.25, 0.3) is 0 Å². The van der Waals surface area contributed by atoms with Gasteiger partial charge in [0.05, 0.1) is 5.69 Å². The van der Waals surface area contributed by atoms with Crippen LogP contribution in [0.15, 0.2) is 48.9 Å². The lowest BCUT2D eigenvalue weighted by Gasteiger charge is -2.35. The van der Waals surface area contributed by atoms with E-state index in [2.05, 4.69) is 20.5 Å². The summed E-state index contributed by atoms with van der Waals surface area (Å²) < 4.78 is 43.3. The van der Waals surface area contributed by atoms with Gasteiger partial charge < -0.3 is 5.11 Å². The van der Waals surface area contributed by atoms with Crippen LogP contribution in [0.4, 0.5) is 13.2 Å². The molecule has 10 heteroatoms. The SMILES string of the molecule is OC(c1ccc(Cl)cc1F)(C(F)F)C(c1ccccn1)n1cnnn1. The maximum absolute atomic E-state index is 14.4. The van der Waals surface area contributed by atoms with Crippen molar-refractivity contribution in [1.82, 2.24) is 25.2 Å². The Kier molecular flexibility index (Phi) is 4.69. The van der Waals surface area contributed by atoms with E-state index in [1.165, 1.54) is 18.3 Å². The number of nitrogens with zero attached hydrogens (tertiary/aromatic N) is 5. The van der Waals surface area contributed by atoms with Gasteiger partial charge in [-0.3, -0.25) is 4.98 Å². The lowest BCUT2D eigenvalue weighted by atomic mass is 9.84. The number of alkyl halides is 2. The molecule has 25 heavy (non-hydrogen) atoms. The Hall–Kier alpha value is -2.52. The molecule has 1 N–H and O–H groups in total. The van der Waals surface area contributed by atoms with E-state index in [0.29, 0.717) is 0 Å². The van der Waals surface area contributed by atoms with Gasteiger partial charge in [0, 0.05) is 16.8 Å². The van der Waals surface area contributed by atoms with Crippen molar-refractivity contribution in [2.75, 3.05) is 0 Å². The second-order valence-corrected chi connectivity index (χ2v) is 5.63. The van der Waals surface area contributed by atoms with Gasteiger partial charge in [0.2, 0.25) is 0 Å². The smallest absolute Gasteiger partial charge is 0.273 e. The van der Waals surface area contributed by atoms with Crippen LogP contribution in [0.1, 0.15) is 17.3 Å². The first kappa shape index (κ1) is 17.3. The van der Waals surface area contributed by atoms with E-state index in [-0.39, 0.29) is 10.7 Å². The summed E-state index contributed by atoms with van der Waals surface area (Å²) in [5, 5.41) is 21.3. The van der Waals surface area contributed by atoms with Crippen molar-refractivity contribution in [3.63, 3.8) is 0 Å². The highest BCUT2D eigenvalue weighted by molar-refractivity contribution is 6.30. The number of rotatable bonds is 5. The van der Waals surface area contributed by atoms with E-state index < -0.39 is 29.4 Å². The minimum atomic E-state index is -3.38. The molecule has 0 spiro atoms. The van der Waals surface area contributed by atoms with Crippen molar-refractivity contribution in [2.24, 2.45) is 0 Å². The molecule has 0 aliphatic carbocycles. The monoisotopic (exact) mass is 369 g/mol. The van der Waals surface area contributed by atoms with Gasteiger partial charge in [-0.1, -0.05) is 23.7 Å². The normalized spacial score (nSPS) is 15.1. The van der Waals surface area contributed by atoms with Gasteiger partial charge in [-0.05, 0) is 34.7 Å². The van der Waals surface area contributed by atoms with E-state index in [1.807, 2.05) is 0 Å².